The van der Waals surface area contributed by atoms with Gasteiger partial charge in [0, 0.05) is 17.2 Å². The van der Waals surface area contributed by atoms with Crippen LogP contribution in [0.5, 0.6) is 11.5 Å². The number of likely N-dealkylation sites (N-methyl/N-ethyl adjacent to an activating group) is 1. The van der Waals surface area contributed by atoms with Crippen molar-refractivity contribution in [1.82, 2.24) is 4.90 Å². The highest BCUT2D eigenvalue weighted by Gasteiger charge is 2.52. The molecule has 0 saturated carbocycles. The van der Waals surface area contributed by atoms with E-state index >= 15 is 0 Å². The van der Waals surface area contributed by atoms with E-state index in [1.165, 1.54) is 6.07 Å². The van der Waals surface area contributed by atoms with Gasteiger partial charge in [0.2, 0.25) is 0 Å². The standard InChI is InChI=1S/C24H27NO9/c1-8-16-19(24-14(32-8)7-15(27)34-24)23(31)17-12(26)5-10(21(29)18(17)22(16)30)13-6-11(25(3)4)20(28)9(2)33-13/h5,8-9,11,13-14,20,24,26,28-29H,6-7H2,1-4H3/t8-,9-,11-,13?,14-,20-,24+/m1/s1. The third-order valence-electron chi connectivity index (χ3n) is 7.30. The first kappa shape index (κ1) is 23.0. The molecular weight excluding hydrogens is 446 g/mol. The topological polar surface area (TPSA) is 143 Å². The van der Waals surface area contributed by atoms with Crippen LogP contribution in [0.2, 0.25) is 0 Å². The summed E-state index contributed by atoms with van der Waals surface area (Å²) in [5, 5.41) is 32.5. The first-order valence-corrected chi connectivity index (χ1v) is 11.3. The molecule has 1 unspecified atom stereocenters. The van der Waals surface area contributed by atoms with Gasteiger partial charge in [-0.05, 0) is 40.4 Å². The molecule has 7 atom stereocenters. The van der Waals surface area contributed by atoms with Gasteiger partial charge in [-0.2, -0.15) is 0 Å². The summed E-state index contributed by atoms with van der Waals surface area (Å²) in [5.74, 6) is -2.81. The van der Waals surface area contributed by atoms with Crippen LogP contribution >= 0.6 is 0 Å². The zero-order valence-corrected chi connectivity index (χ0v) is 19.3. The number of ketones is 2. The first-order chi connectivity index (χ1) is 16.0. The highest BCUT2D eigenvalue weighted by atomic mass is 16.6. The lowest BCUT2D eigenvalue weighted by Crippen LogP contribution is -2.50. The Bertz CT molecular complexity index is 1140. The molecule has 5 rings (SSSR count). The average Bonchev–Trinajstić information content (AvgIpc) is 3.13. The SMILES string of the molecule is C[C@H]1O[C@@H]2CC(=O)O[C@@H]2C2=C1C(=O)c1c(O)c(C3C[C@@H](N(C)C)[C@H](O)[C@@H](C)O3)cc(O)c1C2=O. The zero-order valence-electron chi connectivity index (χ0n) is 19.3. The molecular formula is C24H27NO9. The third kappa shape index (κ3) is 3.20. The number of hydrogen-bond acceptors (Lipinski definition) is 10. The van der Waals surface area contributed by atoms with Crippen LogP contribution in [-0.4, -0.2) is 88.4 Å². The number of aromatic hydroxyl groups is 2. The molecule has 0 aromatic heterocycles. The maximum atomic E-state index is 13.6. The molecule has 3 N–H and O–H groups in total. The summed E-state index contributed by atoms with van der Waals surface area (Å²) in [6.45, 7) is 3.30. The molecule has 2 saturated heterocycles. The van der Waals surface area contributed by atoms with Crippen LogP contribution in [0.3, 0.4) is 0 Å². The van der Waals surface area contributed by atoms with E-state index in [-0.39, 0.29) is 40.3 Å². The third-order valence-corrected chi connectivity index (χ3v) is 7.30. The van der Waals surface area contributed by atoms with Crippen molar-refractivity contribution in [2.24, 2.45) is 0 Å². The van der Waals surface area contributed by atoms with E-state index in [9.17, 15) is 29.7 Å². The number of Topliss-reactive ketones (excluding diaryl/α,β-unsaturated/α-hetero) is 2. The maximum Gasteiger partial charge on any atom is 0.309 e. The average molecular weight is 473 g/mol. The lowest BCUT2D eigenvalue weighted by molar-refractivity contribution is -0.142. The Morgan fingerprint density at radius 3 is 2.35 bits per heavy atom. The summed E-state index contributed by atoms with van der Waals surface area (Å²) in [7, 11) is 3.63. The smallest absolute Gasteiger partial charge is 0.309 e. The molecule has 3 heterocycles. The van der Waals surface area contributed by atoms with Crippen molar-refractivity contribution in [3.05, 3.63) is 33.9 Å². The predicted octanol–water partition coefficient (Wildman–Crippen LogP) is 1.02. The predicted molar refractivity (Wildman–Crippen MR) is 116 cm³/mol. The second-order valence-electron chi connectivity index (χ2n) is 9.59. The Morgan fingerprint density at radius 2 is 1.68 bits per heavy atom. The lowest BCUT2D eigenvalue weighted by atomic mass is 9.75. The molecule has 0 spiro atoms. The largest absolute Gasteiger partial charge is 0.507 e. The van der Waals surface area contributed by atoms with Crippen LogP contribution in [0.4, 0.5) is 0 Å². The Morgan fingerprint density at radius 1 is 1.00 bits per heavy atom. The fraction of sp³-hybridized carbons (Fsp3) is 0.542. The quantitative estimate of drug-likeness (QED) is 0.421. The molecule has 0 bridgehead atoms. The summed E-state index contributed by atoms with van der Waals surface area (Å²) < 4.78 is 17.0. The van der Waals surface area contributed by atoms with E-state index in [0.717, 1.165) is 0 Å². The fourth-order valence-electron chi connectivity index (χ4n) is 5.59. The van der Waals surface area contributed by atoms with E-state index in [1.54, 1.807) is 13.8 Å². The normalized spacial score (nSPS) is 35.2. The number of phenols is 2. The van der Waals surface area contributed by atoms with Crippen molar-refractivity contribution in [3.8, 4) is 11.5 Å². The molecule has 4 aliphatic rings. The van der Waals surface area contributed by atoms with Gasteiger partial charge in [-0.25, -0.2) is 0 Å². The summed E-state index contributed by atoms with van der Waals surface area (Å²) in [6, 6.07) is 0.937. The van der Waals surface area contributed by atoms with Crippen LogP contribution in [0.1, 0.15) is 59.1 Å². The van der Waals surface area contributed by atoms with Gasteiger partial charge in [-0.1, -0.05) is 0 Å². The molecule has 3 aliphatic heterocycles. The van der Waals surface area contributed by atoms with E-state index in [2.05, 4.69) is 0 Å². The van der Waals surface area contributed by atoms with Gasteiger partial charge in [-0.15, -0.1) is 0 Å². The number of nitrogens with zero attached hydrogens (tertiary/aromatic N) is 1. The Balaban J connectivity index is 1.61. The van der Waals surface area contributed by atoms with E-state index in [4.69, 9.17) is 14.2 Å². The molecule has 1 aliphatic carbocycles. The number of phenolic OH excluding ortho intramolecular Hbond substituents is 2. The monoisotopic (exact) mass is 473 g/mol. The number of hydrogen-bond donors (Lipinski definition) is 3. The molecule has 10 nitrogen and oxygen atoms in total. The summed E-state index contributed by atoms with van der Waals surface area (Å²) in [5.41, 5.74) is -0.482. The Hall–Kier alpha value is -2.79. The van der Waals surface area contributed by atoms with Crippen molar-refractivity contribution in [2.75, 3.05) is 14.1 Å². The number of aliphatic hydroxyl groups excluding tert-OH is 1. The Kier molecular flexibility index (Phi) is 5.32. The van der Waals surface area contributed by atoms with Crippen molar-refractivity contribution in [3.63, 3.8) is 0 Å². The highest BCUT2D eigenvalue weighted by molar-refractivity contribution is 6.30. The molecule has 182 valence electrons. The summed E-state index contributed by atoms with van der Waals surface area (Å²) in [4.78, 5) is 40.8. The van der Waals surface area contributed by atoms with E-state index < -0.39 is 65.7 Å². The second kappa shape index (κ2) is 7.88. The number of rotatable bonds is 2. The molecule has 2 fully saturated rings. The van der Waals surface area contributed by atoms with Gasteiger partial charge in [-0.3, -0.25) is 14.4 Å². The van der Waals surface area contributed by atoms with Crippen molar-refractivity contribution in [2.45, 2.75) is 69.4 Å². The number of aliphatic hydroxyl groups is 1. The van der Waals surface area contributed by atoms with Crippen LogP contribution in [0.25, 0.3) is 0 Å². The minimum absolute atomic E-state index is 0.00659. The number of carbonyl (C=O) groups is 3. The second-order valence-corrected chi connectivity index (χ2v) is 9.59. The number of benzene rings is 1. The number of fused-ring (bicyclic) bond motifs is 3. The van der Waals surface area contributed by atoms with Gasteiger partial charge < -0.3 is 34.4 Å². The molecule has 1 aromatic carbocycles. The van der Waals surface area contributed by atoms with Gasteiger partial charge >= 0.3 is 5.97 Å². The summed E-state index contributed by atoms with van der Waals surface area (Å²) in [6.07, 6.45) is -4.35. The van der Waals surface area contributed by atoms with Gasteiger partial charge in [0.15, 0.2) is 17.7 Å². The Labute approximate surface area is 195 Å². The number of carbonyl (C=O) groups excluding carboxylic acids is 3. The van der Waals surface area contributed by atoms with E-state index in [0.29, 0.717) is 6.42 Å². The van der Waals surface area contributed by atoms with Crippen LogP contribution in [0.15, 0.2) is 17.2 Å². The molecule has 1 aromatic rings. The molecule has 0 amide bonds. The fourth-order valence-corrected chi connectivity index (χ4v) is 5.59. The highest BCUT2D eigenvalue weighted by Crippen LogP contribution is 2.48. The van der Waals surface area contributed by atoms with Crippen LogP contribution < -0.4 is 0 Å². The zero-order chi connectivity index (χ0) is 24.6. The van der Waals surface area contributed by atoms with Crippen LogP contribution in [0, 0.1) is 0 Å². The minimum atomic E-state index is -1.03. The van der Waals surface area contributed by atoms with Crippen molar-refractivity contribution in [1.29, 1.82) is 0 Å². The maximum absolute atomic E-state index is 13.6. The number of ether oxygens (including phenoxy) is 3. The van der Waals surface area contributed by atoms with Gasteiger partial charge in [0.1, 0.15) is 17.6 Å². The van der Waals surface area contributed by atoms with Crippen LogP contribution in [-0.2, 0) is 19.0 Å². The minimum Gasteiger partial charge on any atom is -0.507 e. The van der Waals surface area contributed by atoms with Crippen molar-refractivity contribution < 1.29 is 43.9 Å². The molecule has 10 heteroatoms. The molecule has 0 radical (unpaired) electrons. The van der Waals surface area contributed by atoms with E-state index in [1.807, 2.05) is 19.0 Å². The van der Waals surface area contributed by atoms with Gasteiger partial charge in [0.05, 0.1) is 47.5 Å². The van der Waals surface area contributed by atoms with Crippen molar-refractivity contribution >= 4 is 17.5 Å². The summed E-state index contributed by atoms with van der Waals surface area (Å²) >= 11 is 0. The number of esters is 1. The lowest BCUT2D eigenvalue weighted by Gasteiger charge is -2.41. The first-order valence-electron chi connectivity index (χ1n) is 11.3. The van der Waals surface area contributed by atoms with Gasteiger partial charge in [0.25, 0.3) is 0 Å². The molecule has 34 heavy (non-hydrogen) atoms.